The van der Waals surface area contributed by atoms with E-state index in [1.807, 2.05) is 6.92 Å². The number of nitrogens with one attached hydrogen (secondary N) is 1. The Morgan fingerprint density at radius 3 is 2.75 bits per heavy atom. The summed E-state index contributed by atoms with van der Waals surface area (Å²) in [5.74, 6) is -1.10. The van der Waals surface area contributed by atoms with E-state index in [4.69, 9.17) is 9.88 Å². The number of rotatable bonds is 7. The summed E-state index contributed by atoms with van der Waals surface area (Å²) >= 11 is 0. The number of carbonyl (C=O) groups is 1. The van der Waals surface area contributed by atoms with Crippen molar-refractivity contribution in [2.45, 2.75) is 24.7 Å². The van der Waals surface area contributed by atoms with E-state index >= 15 is 0 Å². The number of primary sulfonamides is 1. The highest BCUT2D eigenvalue weighted by Crippen LogP contribution is 2.21. The van der Waals surface area contributed by atoms with Crippen LogP contribution in [0.1, 0.15) is 19.8 Å². The summed E-state index contributed by atoms with van der Waals surface area (Å²) in [5, 5.41) is 7.34. The van der Waals surface area contributed by atoms with Crippen LogP contribution in [0.15, 0.2) is 23.1 Å². The van der Waals surface area contributed by atoms with Crippen LogP contribution in [0.2, 0.25) is 0 Å². The predicted molar refractivity (Wildman–Crippen MR) is 72.1 cm³/mol. The van der Waals surface area contributed by atoms with Gasteiger partial charge in [-0.15, -0.1) is 0 Å². The van der Waals surface area contributed by atoms with Gasteiger partial charge in [-0.3, -0.25) is 4.79 Å². The number of halogens is 1. The normalized spacial score (nSPS) is 11.3. The molecule has 0 aromatic heterocycles. The summed E-state index contributed by atoms with van der Waals surface area (Å²) in [4.78, 5) is 11.3. The number of sulfonamides is 1. The summed E-state index contributed by atoms with van der Waals surface area (Å²) in [6.45, 7) is 2.82. The van der Waals surface area contributed by atoms with Gasteiger partial charge in [-0.25, -0.2) is 17.9 Å². The molecule has 0 heterocycles. The molecule has 112 valence electrons. The van der Waals surface area contributed by atoms with Crippen molar-refractivity contribution in [2.75, 3.05) is 18.5 Å². The van der Waals surface area contributed by atoms with Crippen LogP contribution >= 0.6 is 0 Å². The molecule has 0 radical (unpaired) electrons. The number of carbonyl (C=O) groups excluding carboxylic acids is 1. The van der Waals surface area contributed by atoms with Gasteiger partial charge in [0, 0.05) is 19.6 Å². The highest BCUT2D eigenvalue weighted by Gasteiger charge is 2.16. The Morgan fingerprint density at radius 2 is 2.15 bits per heavy atom. The summed E-state index contributed by atoms with van der Waals surface area (Å²) in [6.07, 6.45) is 0.625. The van der Waals surface area contributed by atoms with E-state index in [1.54, 1.807) is 0 Å². The lowest BCUT2D eigenvalue weighted by Gasteiger charge is -2.09. The van der Waals surface area contributed by atoms with Crippen LogP contribution in [0.4, 0.5) is 10.1 Å². The Kier molecular flexibility index (Phi) is 6.05. The van der Waals surface area contributed by atoms with Crippen molar-refractivity contribution < 1.29 is 22.3 Å². The minimum atomic E-state index is -4.03. The highest BCUT2D eigenvalue weighted by atomic mass is 32.2. The van der Waals surface area contributed by atoms with Gasteiger partial charge >= 0.3 is 0 Å². The standard InChI is InChI=1S/C12H17FN2O4S/c1-2-19-7-3-4-12(16)15-10-8-9(13)5-6-11(10)20(14,17)18/h5-6,8H,2-4,7H2,1H3,(H,15,16)(H2,14,17,18). The lowest BCUT2D eigenvalue weighted by atomic mass is 10.2. The fourth-order valence-corrected chi connectivity index (χ4v) is 2.21. The zero-order chi connectivity index (χ0) is 15.2. The fourth-order valence-electron chi connectivity index (χ4n) is 1.54. The van der Waals surface area contributed by atoms with Gasteiger partial charge in [-0.05, 0) is 31.5 Å². The first kappa shape index (κ1) is 16.5. The van der Waals surface area contributed by atoms with Crippen LogP contribution in [0.3, 0.4) is 0 Å². The van der Waals surface area contributed by atoms with Gasteiger partial charge in [-0.1, -0.05) is 0 Å². The van der Waals surface area contributed by atoms with Crippen molar-refractivity contribution in [3.8, 4) is 0 Å². The molecule has 1 rings (SSSR count). The van der Waals surface area contributed by atoms with Crippen molar-refractivity contribution in [2.24, 2.45) is 5.14 Å². The molecule has 1 aromatic carbocycles. The van der Waals surface area contributed by atoms with E-state index in [2.05, 4.69) is 5.32 Å². The first-order valence-corrected chi connectivity index (χ1v) is 7.59. The molecule has 0 spiro atoms. The Labute approximate surface area is 117 Å². The van der Waals surface area contributed by atoms with Gasteiger partial charge in [0.05, 0.1) is 5.69 Å². The molecule has 1 aromatic rings. The number of amides is 1. The topological polar surface area (TPSA) is 98.5 Å². The number of nitrogens with two attached hydrogens (primary N) is 1. The van der Waals surface area contributed by atoms with Crippen molar-refractivity contribution >= 4 is 21.6 Å². The number of hydrogen-bond acceptors (Lipinski definition) is 4. The average Bonchev–Trinajstić information content (AvgIpc) is 2.33. The first-order valence-electron chi connectivity index (χ1n) is 6.04. The zero-order valence-electron chi connectivity index (χ0n) is 11.1. The van der Waals surface area contributed by atoms with E-state index in [1.165, 1.54) is 0 Å². The summed E-state index contributed by atoms with van der Waals surface area (Å²) in [5.41, 5.74) is -0.158. The minimum absolute atomic E-state index is 0.139. The van der Waals surface area contributed by atoms with Gasteiger partial charge in [0.25, 0.3) is 0 Å². The fraction of sp³-hybridized carbons (Fsp3) is 0.417. The van der Waals surface area contributed by atoms with E-state index in [0.717, 1.165) is 18.2 Å². The Balaban J connectivity index is 2.76. The molecule has 8 heteroatoms. The molecule has 0 saturated carbocycles. The van der Waals surface area contributed by atoms with Crippen molar-refractivity contribution in [3.05, 3.63) is 24.0 Å². The average molecular weight is 304 g/mol. The Bertz CT molecular complexity index is 575. The summed E-state index contributed by atoms with van der Waals surface area (Å²) < 4.78 is 40.9. The number of benzene rings is 1. The predicted octanol–water partition coefficient (Wildman–Crippen LogP) is 1.23. The van der Waals surface area contributed by atoms with Crippen LogP contribution < -0.4 is 10.5 Å². The van der Waals surface area contributed by atoms with E-state index in [-0.39, 0.29) is 17.0 Å². The van der Waals surface area contributed by atoms with Crippen LogP contribution in [-0.2, 0) is 19.6 Å². The second kappa shape index (κ2) is 7.32. The van der Waals surface area contributed by atoms with Crippen LogP contribution in [0.5, 0.6) is 0 Å². The molecule has 0 aliphatic rings. The van der Waals surface area contributed by atoms with Crippen LogP contribution in [0, 0.1) is 5.82 Å². The largest absolute Gasteiger partial charge is 0.382 e. The van der Waals surface area contributed by atoms with Gasteiger partial charge in [0.1, 0.15) is 10.7 Å². The summed E-state index contributed by atoms with van der Waals surface area (Å²) in [7, 11) is -4.03. The van der Waals surface area contributed by atoms with Gasteiger partial charge in [-0.2, -0.15) is 0 Å². The van der Waals surface area contributed by atoms with E-state index in [0.29, 0.717) is 19.6 Å². The third-order valence-electron chi connectivity index (χ3n) is 2.42. The highest BCUT2D eigenvalue weighted by molar-refractivity contribution is 7.89. The molecule has 20 heavy (non-hydrogen) atoms. The maximum atomic E-state index is 13.1. The number of anilines is 1. The smallest absolute Gasteiger partial charge is 0.240 e. The monoisotopic (exact) mass is 304 g/mol. The molecule has 0 fully saturated rings. The lowest BCUT2D eigenvalue weighted by Crippen LogP contribution is -2.18. The molecule has 0 aliphatic heterocycles. The molecular weight excluding hydrogens is 287 g/mol. The third kappa shape index (κ3) is 5.24. The van der Waals surface area contributed by atoms with Gasteiger partial charge < -0.3 is 10.1 Å². The van der Waals surface area contributed by atoms with Crippen molar-refractivity contribution in [1.82, 2.24) is 0 Å². The molecule has 6 nitrogen and oxygen atoms in total. The molecule has 0 bridgehead atoms. The molecule has 0 atom stereocenters. The SMILES string of the molecule is CCOCCCC(=O)Nc1cc(F)ccc1S(N)(=O)=O. The van der Waals surface area contributed by atoms with E-state index < -0.39 is 21.7 Å². The first-order chi connectivity index (χ1) is 9.34. The lowest BCUT2D eigenvalue weighted by molar-refractivity contribution is -0.116. The third-order valence-corrected chi connectivity index (χ3v) is 3.39. The van der Waals surface area contributed by atoms with Gasteiger partial charge in [0.2, 0.25) is 15.9 Å². The quantitative estimate of drug-likeness (QED) is 0.740. The maximum absolute atomic E-state index is 13.1. The Morgan fingerprint density at radius 1 is 1.45 bits per heavy atom. The Hall–Kier alpha value is -1.51. The molecule has 1 amide bonds. The molecule has 0 saturated heterocycles. The van der Waals surface area contributed by atoms with Crippen LogP contribution in [0.25, 0.3) is 0 Å². The minimum Gasteiger partial charge on any atom is -0.382 e. The number of ether oxygens (including phenoxy) is 1. The van der Waals surface area contributed by atoms with Gasteiger partial charge in [0.15, 0.2) is 0 Å². The van der Waals surface area contributed by atoms with E-state index in [9.17, 15) is 17.6 Å². The molecular formula is C12H17FN2O4S. The second-order valence-corrected chi connectivity index (χ2v) is 5.56. The zero-order valence-corrected chi connectivity index (χ0v) is 11.9. The molecule has 3 N–H and O–H groups in total. The number of hydrogen-bond donors (Lipinski definition) is 2. The van der Waals surface area contributed by atoms with Crippen molar-refractivity contribution in [1.29, 1.82) is 0 Å². The molecule has 0 unspecified atom stereocenters. The van der Waals surface area contributed by atoms with Crippen molar-refractivity contribution in [3.63, 3.8) is 0 Å². The maximum Gasteiger partial charge on any atom is 0.240 e. The molecule has 0 aliphatic carbocycles. The second-order valence-electron chi connectivity index (χ2n) is 4.03. The van der Waals surface area contributed by atoms with Crippen LogP contribution in [-0.4, -0.2) is 27.5 Å². The summed E-state index contributed by atoms with van der Waals surface area (Å²) in [6, 6.07) is 2.89.